The van der Waals surface area contributed by atoms with Gasteiger partial charge in [-0.2, -0.15) is 0 Å². The largest absolute Gasteiger partial charge is 0.373 e. The SMILES string of the molecule is CNc1cc(Nc2ccc(Br)cc2C)nc(C(C)(C)C)n1. The van der Waals surface area contributed by atoms with Gasteiger partial charge in [0.15, 0.2) is 0 Å². The van der Waals surface area contributed by atoms with Crippen LogP contribution < -0.4 is 10.6 Å². The van der Waals surface area contributed by atoms with Crippen LogP contribution in [0.3, 0.4) is 0 Å². The third-order valence-electron chi connectivity index (χ3n) is 3.10. The number of halogens is 1. The second kappa shape index (κ2) is 6.02. The lowest BCUT2D eigenvalue weighted by molar-refractivity contribution is 0.547. The third kappa shape index (κ3) is 3.94. The Balaban J connectivity index is 2.39. The molecular weight excluding hydrogens is 328 g/mol. The molecule has 1 aromatic heterocycles. The molecule has 112 valence electrons. The summed E-state index contributed by atoms with van der Waals surface area (Å²) >= 11 is 3.48. The van der Waals surface area contributed by atoms with Gasteiger partial charge in [-0.05, 0) is 30.7 Å². The van der Waals surface area contributed by atoms with Crippen LogP contribution >= 0.6 is 15.9 Å². The van der Waals surface area contributed by atoms with E-state index in [4.69, 9.17) is 0 Å². The molecule has 0 aliphatic rings. The summed E-state index contributed by atoms with van der Waals surface area (Å²) in [7, 11) is 1.86. The summed E-state index contributed by atoms with van der Waals surface area (Å²) in [5.74, 6) is 2.42. The van der Waals surface area contributed by atoms with Crippen LogP contribution in [0.1, 0.15) is 32.2 Å². The highest BCUT2D eigenvalue weighted by atomic mass is 79.9. The molecule has 2 rings (SSSR count). The molecule has 0 bridgehead atoms. The molecular formula is C16H21BrN4. The summed E-state index contributed by atoms with van der Waals surface area (Å²) in [4.78, 5) is 9.17. The summed E-state index contributed by atoms with van der Waals surface area (Å²) < 4.78 is 1.07. The highest BCUT2D eigenvalue weighted by Crippen LogP contribution is 2.26. The van der Waals surface area contributed by atoms with E-state index >= 15 is 0 Å². The summed E-state index contributed by atoms with van der Waals surface area (Å²) in [6, 6.07) is 8.04. The van der Waals surface area contributed by atoms with E-state index in [0.717, 1.165) is 33.2 Å². The molecule has 21 heavy (non-hydrogen) atoms. The summed E-state index contributed by atoms with van der Waals surface area (Å²) in [5.41, 5.74) is 2.10. The van der Waals surface area contributed by atoms with Crippen LogP contribution in [0, 0.1) is 6.92 Å². The van der Waals surface area contributed by atoms with Gasteiger partial charge in [-0.25, -0.2) is 9.97 Å². The van der Waals surface area contributed by atoms with Gasteiger partial charge in [0.1, 0.15) is 17.5 Å². The Bertz CT molecular complexity index is 647. The number of benzene rings is 1. The van der Waals surface area contributed by atoms with Gasteiger partial charge in [-0.15, -0.1) is 0 Å². The lowest BCUT2D eigenvalue weighted by Gasteiger charge is -2.19. The van der Waals surface area contributed by atoms with E-state index in [2.05, 4.69) is 70.3 Å². The van der Waals surface area contributed by atoms with Crippen molar-refractivity contribution >= 4 is 33.3 Å². The van der Waals surface area contributed by atoms with E-state index < -0.39 is 0 Å². The number of aryl methyl sites for hydroxylation is 1. The van der Waals surface area contributed by atoms with Crippen LogP contribution in [0.2, 0.25) is 0 Å². The zero-order valence-corrected chi connectivity index (χ0v) is 14.7. The average molecular weight is 349 g/mol. The van der Waals surface area contributed by atoms with Gasteiger partial charge in [0.05, 0.1) is 0 Å². The molecule has 0 saturated carbocycles. The predicted octanol–water partition coefficient (Wildman–Crippen LogP) is 4.63. The molecule has 1 aromatic carbocycles. The second-order valence-corrected chi connectivity index (χ2v) is 6.96. The first kappa shape index (κ1) is 15.8. The summed E-state index contributed by atoms with van der Waals surface area (Å²) in [6.45, 7) is 8.39. The van der Waals surface area contributed by atoms with Gasteiger partial charge < -0.3 is 10.6 Å². The van der Waals surface area contributed by atoms with Gasteiger partial charge in [0.25, 0.3) is 0 Å². The quantitative estimate of drug-likeness (QED) is 0.848. The molecule has 2 aromatic rings. The average Bonchev–Trinajstić information content (AvgIpc) is 2.40. The molecule has 2 N–H and O–H groups in total. The minimum absolute atomic E-state index is 0.0992. The maximum Gasteiger partial charge on any atom is 0.138 e. The number of nitrogens with zero attached hydrogens (tertiary/aromatic N) is 2. The van der Waals surface area contributed by atoms with Crippen LogP contribution in [0.15, 0.2) is 28.7 Å². The minimum atomic E-state index is -0.0992. The Morgan fingerprint density at radius 1 is 1.05 bits per heavy atom. The van der Waals surface area contributed by atoms with E-state index in [1.807, 2.05) is 25.2 Å². The number of rotatable bonds is 3. The fourth-order valence-electron chi connectivity index (χ4n) is 1.88. The van der Waals surface area contributed by atoms with Crippen molar-refractivity contribution in [2.45, 2.75) is 33.1 Å². The molecule has 0 radical (unpaired) electrons. The summed E-state index contributed by atoms with van der Waals surface area (Å²) in [5, 5.41) is 6.47. The molecule has 1 heterocycles. The van der Waals surface area contributed by atoms with Gasteiger partial charge in [0, 0.05) is 28.7 Å². The molecule has 0 aliphatic carbocycles. The highest BCUT2D eigenvalue weighted by Gasteiger charge is 2.19. The number of aromatic nitrogens is 2. The van der Waals surface area contributed by atoms with Crippen LogP contribution in [-0.2, 0) is 5.41 Å². The minimum Gasteiger partial charge on any atom is -0.373 e. The molecule has 0 aliphatic heterocycles. The zero-order chi connectivity index (χ0) is 15.6. The van der Waals surface area contributed by atoms with Crippen molar-refractivity contribution in [1.82, 2.24) is 9.97 Å². The van der Waals surface area contributed by atoms with Crippen molar-refractivity contribution in [1.29, 1.82) is 0 Å². The molecule has 0 saturated heterocycles. The Kier molecular flexibility index (Phi) is 4.52. The predicted molar refractivity (Wildman–Crippen MR) is 92.4 cm³/mol. The first-order chi connectivity index (χ1) is 9.79. The number of hydrogen-bond acceptors (Lipinski definition) is 4. The lowest BCUT2D eigenvalue weighted by Crippen LogP contribution is -2.17. The van der Waals surface area contributed by atoms with E-state index in [9.17, 15) is 0 Å². The molecule has 0 amide bonds. The Hall–Kier alpha value is -1.62. The Morgan fingerprint density at radius 3 is 2.29 bits per heavy atom. The smallest absolute Gasteiger partial charge is 0.138 e. The van der Waals surface area contributed by atoms with Crippen molar-refractivity contribution < 1.29 is 0 Å². The first-order valence-electron chi connectivity index (χ1n) is 6.90. The second-order valence-electron chi connectivity index (χ2n) is 6.05. The van der Waals surface area contributed by atoms with Crippen molar-refractivity contribution in [3.05, 3.63) is 40.1 Å². The van der Waals surface area contributed by atoms with Gasteiger partial charge in [-0.3, -0.25) is 0 Å². The highest BCUT2D eigenvalue weighted by molar-refractivity contribution is 9.10. The third-order valence-corrected chi connectivity index (χ3v) is 3.60. The monoisotopic (exact) mass is 348 g/mol. The molecule has 0 spiro atoms. The maximum absolute atomic E-state index is 4.64. The molecule has 5 heteroatoms. The molecule has 0 fully saturated rings. The van der Waals surface area contributed by atoms with Gasteiger partial charge in [0.2, 0.25) is 0 Å². The topological polar surface area (TPSA) is 49.8 Å². The van der Waals surface area contributed by atoms with E-state index in [1.54, 1.807) is 0 Å². The van der Waals surface area contributed by atoms with Crippen molar-refractivity contribution in [2.75, 3.05) is 17.7 Å². The number of hydrogen-bond donors (Lipinski definition) is 2. The molecule has 0 atom stereocenters. The molecule has 4 nitrogen and oxygen atoms in total. The van der Waals surface area contributed by atoms with E-state index in [1.165, 1.54) is 0 Å². The standard InChI is InChI=1S/C16H21BrN4/c1-10-8-11(17)6-7-12(10)19-14-9-13(18-5)20-15(21-14)16(2,3)4/h6-9H,1-5H3,(H2,18,19,20,21). The van der Waals surface area contributed by atoms with E-state index in [-0.39, 0.29) is 5.41 Å². The van der Waals surface area contributed by atoms with Crippen molar-refractivity contribution in [3.8, 4) is 0 Å². The molecule has 0 unspecified atom stereocenters. The van der Waals surface area contributed by atoms with Crippen molar-refractivity contribution in [3.63, 3.8) is 0 Å². The van der Waals surface area contributed by atoms with Gasteiger partial charge >= 0.3 is 0 Å². The number of anilines is 3. The fraction of sp³-hybridized carbons (Fsp3) is 0.375. The fourth-order valence-corrected chi connectivity index (χ4v) is 2.36. The maximum atomic E-state index is 4.64. The Labute approximate surface area is 134 Å². The first-order valence-corrected chi connectivity index (χ1v) is 7.69. The van der Waals surface area contributed by atoms with Crippen LogP contribution in [0.5, 0.6) is 0 Å². The normalized spacial score (nSPS) is 11.3. The summed E-state index contributed by atoms with van der Waals surface area (Å²) in [6.07, 6.45) is 0. The Morgan fingerprint density at radius 2 is 1.71 bits per heavy atom. The number of nitrogens with one attached hydrogen (secondary N) is 2. The lowest BCUT2D eigenvalue weighted by atomic mass is 9.96. The van der Waals surface area contributed by atoms with Gasteiger partial charge in [-0.1, -0.05) is 36.7 Å². The van der Waals surface area contributed by atoms with Crippen molar-refractivity contribution in [2.24, 2.45) is 0 Å². The zero-order valence-electron chi connectivity index (χ0n) is 13.1. The van der Waals surface area contributed by atoms with Crippen LogP contribution in [0.25, 0.3) is 0 Å². The van der Waals surface area contributed by atoms with Crippen LogP contribution in [0.4, 0.5) is 17.3 Å². The van der Waals surface area contributed by atoms with E-state index in [0.29, 0.717) is 0 Å². The van der Waals surface area contributed by atoms with Crippen LogP contribution in [-0.4, -0.2) is 17.0 Å².